The van der Waals surface area contributed by atoms with Crippen LogP contribution in [0.4, 0.5) is 9.18 Å². The SMILES string of the molecule is CN1CC(CNC(=O)N2CCN(Cc3ccc(F)cc3)CC2)OCC1=O. The third-order valence-electron chi connectivity index (χ3n) is 4.81. The molecule has 0 aromatic heterocycles. The Bertz CT molecular complexity index is 632. The van der Waals surface area contributed by atoms with Crippen LogP contribution in [0.2, 0.25) is 0 Å². The summed E-state index contributed by atoms with van der Waals surface area (Å²) in [5, 5.41) is 2.89. The second-order valence-electron chi connectivity index (χ2n) is 6.78. The molecule has 0 saturated carbocycles. The lowest BCUT2D eigenvalue weighted by Gasteiger charge is -2.35. The highest BCUT2D eigenvalue weighted by atomic mass is 19.1. The van der Waals surface area contributed by atoms with Crippen molar-refractivity contribution in [2.75, 3.05) is 52.9 Å². The first kappa shape index (κ1) is 18.6. The van der Waals surface area contributed by atoms with Crippen LogP contribution >= 0.6 is 0 Å². The molecule has 1 N–H and O–H groups in total. The van der Waals surface area contributed by atoms with Crippen molar-refractivity contribution >= 4 is 11.9 Å². The molecule has 0 radical (unpaired) electrons. The molecule has 1 unspecified atom stereocenters. The van der Waals surface area contributed by atoms with Crippen LogP contribution in [0.5, 0.6) is 0 Å². The number of rotatable bonds is 4. The first-order valence-electron chi connectivity index (χ1n) is 8.86. The number of nitrogens with zero attached hydrogens (tertiary/aromatic N) is 3. The van der Waals surface area contributed by atoms with Crippen molar-refractivity contribution < 1.29 is 18.7 Å². The van der Waals surface area contributed by atoms with Gasteiger partial charge in [0.2, 0.25) is 5.91 Å². The van der Waals surface area contributed by atoms with Gasteiger partial charge in [-0.15, -0.1) is 0 Å². The number of carbonyl (C=O) groups excluding carboxylic acids is 2. The number of hydrogen-bond donors (Lipinski definition) is 1. The Labute approximate surface area is 152 Å². The summed E-state index contributed by atoms with van der Waals surface area (Å²) in [5.74, 6) is -0.266. The molecule has 1 aromatic rings. The van der Waals surface area contributed by atoms with Gasteiger partial charge in [0.1, 0.15) is 12.4 Å². The van der Waals surface area contributed by atoms with Crippen molar-refractivity contribution in [3.05, 3.63) is 35.6 Å². The molecule has 2 fully saturated rings. The van der Waals surface area contributed by atoms with Gasteiger partial charge in [-0.1, -0.05) is 12.1 Å². The van der Waals surface area contributed by atoms with Crippen molar-refractivity contribution in [2.24, 2.45) is 0 Å². The summed E-state index contributed by atoms with van der Waals surface area (Å²) in [4.78, 5) is 29.4. The smallest absolute Gasteiger partial charge is 0.317 e. The van der Waals surface area contributed by atoms with Crippen LogP contribution in [0.15, 0.2) is 24.3 Å². The largest absolute Gasteiger partial charge is 0.365 e. The number of benzene rings is 1. The Kier molecular flexibility index (Phi) is 6.05. The number of carbonyl (C=O) groups is 2. The summed E-state index contributed by atoms with van der Waals surface area (Å²) < 4.78 is 18.4. The highest BCUT2D eigenvalue weighted by Crippen LogP contribution is 2.10. The molecule has 7 nitrogen and oxygen atoms in total. The Morgan fingerprint density at radius 3 is 2.58 bits per heavy atom. The van der Waals surface area contributed by atoms with Crippen LogP contribution in [0.1, 0.15) is 5.56 Å². The summed E-state index contributed by atoms with van der Waals surface area (Å²) >= 11 is 0. The number of nitrogens with one attached hydrogen (secondary N) is 1. The van der Waals surface area contributed by atoms with E-state index in [2.05, 4.69) is 10.2 Å². The monoisotopic (exact) mass is 364 g/mol. The summed E-state index contributed by atoms with van der Waals surface area (Å²) in [6, 6.07) is 6.42. The van der Waals surface area contributed by atoms with E-state index >= 15 is 0 Å². The standard InChI is InChI=1S/C18H25FN4O3/c1-21-12-16(26-13-17(21)24)10-20-18(25)23-8-6-22(7-9-23)11-14-2-4-15(19)5-3-14/h2-5,16H,6-13H2,1H3,(H,20,25). The maximum Gasteiger partial charge on any atom is 0.317 e. The van der Waals surface area contributed by atoms with E-state index in [1.54, 1.807) is 29.0 Å². The van der Waals surface area contributed by atoms with Gasteiger partial charge in [-0.2, -0.15) is 0 Å². The van der Waals surface area contributed by atoms with Gasteiger partial charge in [0.15, 0.2) is 0 Å². The summed E-state index contributed by atoms with van der Waals surface area (Å²) in [6.45, 7) is 4.57. The average molecular weight is 364 g/mol. The predicted molar refractivity (Wildman–Crippen MR) is 94.0 cm³/mol. The second-order valence-corrected chi connectivity index (χ2v) is 6.78. The Hall–Kier alpha value is -2.19. The molecule has 8 heteroatoms. The van der Waals surface area contributed by atoms with Gasteiger partial charge in [-0.05, 0) is 17.7 Å². The third-order valence-corrected chi connectivity index (χ3v) is 4.81. The predicted octanol–water partition coefficient (Wildman–Crippen LogP) is 0.510. The minimum atomic E-state index is -0.229. The Morgan fingerprint density at radius 1 is 1.23 bits per heavy atom. The molecular formula is C18H25FN4O3. The molecule has 0 bridgehead atoms. The lowest BCUT2D eigenvalue weighted by atomic mass is 10.2. The maximum atomic E-state index is 13.0. The highest BCUT2D eigenvalue weighted by molar-refractivity contribution is 5.78. The van der Waals surface area contributed by atoms with Gasteiger partial charge >= 0.3 is 6.03 Å². The molecule has 1 aromatic carbocycles. The van der Waals surface area contributed by atoms with Gasteiger partial charge in [0, 0.05) is 52.9 Å². The summed E-state index contributed by atoms with van der Waals surface area (Å²) in [5.41, 5.74) is 1.07. The van der Waals surface area contributed by atoms with E-state index in [1.807, 2.05) is 0 Å². The first-order valence-corrected chi connectivity index (χ1v) is 8.86. The van der Waals surface area contributed by atoms with E-state index < -0.39 is 0 Å². The minimum Gasteiger partial charge on any atom is -0.365 e. The maximum absolute atomic E-state index is 13.0. The van der Waals surface area contributed by atoms with Gasteiger partial charge in [0.05, 0.1) is 6.10 Å². The van der Waals surface area contributed by atoms with E-state index in [0.29, 0.717) is 26.2 Å². The number of likely N-dealkylation sites (N-methyl/N-ethyl adjacent to an activating group) is 1. The van der Waals surface area contributed by atoms with Gasteiger partial charge in [0.25, 0.3) is 0 Å². The number of halogens is 1. The van der Waals surface area contributed by atoms with Crippen molar-refractivity contribution in [3.63, 3.8) is 0 Å². The molecule has 0 spiro atoms. The van der Waals surface area contributed by atoms with Gasteiger partial charge in [-0.25, -0.2) is 9.18 Å². The molecule has 0 aliphatic carbocycles. The zero-order chi connectivity index (χ0) is 18.5. The third kappa shape index (κ3) is 4.92. The fourth-order valence-corrected chi connectivity index (χ4v) is 3.15. The fourth-order valence-electron chi connectivity index (χ4n) is 3.15. The molecule has 2 saturated heterocycles. The zero-order valence-electron chi connectivity index (χ0n) is 15.0. The quantitative estimate of drug-likeness (QED) is 0.846. The first-order chi connectivity index (χ1) is 12.5. The van der Waals surface area contributed by atoms with Crippen molar-refractivity contribution in [2.45, 2.75) is 12.6 Å². The molecule has 2 aliphatic heterocycles. The van der Waals surface area contributed by atoms with Gasteiger partial charge in [-0.3, -0.25) is 9.69 Å². The van der Waals surface area contributed by atoms with Crippen LogP contribution < -0.4 is 5.32 Å². The normalized spacial score (nSPS) is 21.8. The van der Waals surface area contributed by atoms with Crippen molar-refractivity contribution in [1.29, 1.82) is 0 Å². The zero-order valence-corrected chi connectivity index (χ0v) is 15.0. The highest BCUT2D eigenvalue weighted by Gasteiger charge is 2.25. The molecule has 3 rings (SSSR count). The Morgan fingerprint density at radius 2 is 1.92 bits per heavy atom. The van der Waals surface area contributed by atoms with Crippen molar-refractivity contribution in [3.8, 4) is 0 Å². The van der Waals surface area contributed by atoms with E-state index in [4.69, 9.17) is 4.74 Å². The molecule has 2 heterocycles. The summed E-state index contributed by atoms with van der Waals surface area (Å²) in [7, 11) is 1.74. The molecule has 142 valence electrons. The number of ether oxygens (including phenoxy) is 1. The van der Waals surface area contributed by atoms with Crippen molar-refractivity contribution in [1.82, 2.24) is 20.0 Å². The Balaban J connectivity index is 1.38. The number of morpholine rings is 1. The van der Waals surface area contributed by atoms with Gasteiger partial charge < -0.3 is 19.9 Å². The van der Waals surface area contributed by atoms with E-state index in [1.165, 1.54) is 12.1 Å². The fraction of sp³-hybridized carbons (Fsp3) is 0.556. The minimum absolute atomic E-state index is 0.0372. The number of piperazine rings is 1. The topological polar surface area (TPSA) is 65.1 Å². The summed E-state index contributed by atoms with van der Waals surface area (Å²) in [6.07, 6.45) is -0.165. The average Bonchev–Trinajstić information content (AvgIpc) is 2.65. The number of urea groups is 1. The molecule has 2 aliphatic rings. The molecule has 1 atom stereocenters. The van der Waals surface area contributed by atoms with Crippen LogP contribution in [-0.2, 0) is 16.1 Å². The molecule has 26 heavy (non-hydrogen) atoms. The lowest BCUT2D eigenvalue weighted by Crippen LogP contribution is -2.54. The second kappa shape index (κ2) is 8.46. The number of hydrogen-bond acceptors (Lipinski definition) is 4. The van der Waals surface area contributed by atoms with Crippen LogP contribution in [0, 0.1) is 5.82 Å². The van der Waals surface area contributed by atoms with Crippen LogP contribution in [0.25, 0.3) is 0 Å². The van der Waals surface area contributed by atoms with Crippen LogP contribution in [0.3, 0.4) is 0 Å². The van der Waals surface area contributed by atoms with E-state index in [0.717, 1.165) is 25.2 Å². The molecular weight excluding hydrogens is 339 g/mol. The molecule has 3 amide bonds. The lowest BCUT2D eigenvalue weighted by molar-refractivity contribution is -0.146. The van der Waals surface area contributed by atoms with E-state index in [9.17, 15) is 14.0 Å². The van der Waals surface area contributed by atoms with Crippen LogP contribution in [-0.4, -0.2) is 85.7 Å². The van der Waals surface area contributed by atoms with E-state index in [-0.39, 0.29) is 30.5 Å². The number of amides is 3.